The number of thioether (sulfide) groups is 1. The van der Waals surface area contributed by atoms with Gasteiger partial charge in [0, 0.05) is 23.1 Å². The molecule has 0 aliphatic carbocycles. The number of thiophene rings is 1. The fraction of sp³-hybridized carbons (Fsp3) is 0.318. The second-order valence-corrected chi connectivity index (χ2v) is 8.80. The molecule has 156 valence electrons. The van der Waals surface area contributed by atoms with Gasteiger partial charge in [-0.1, -0.05) is 36.9 Å². The molecule has 1 aromatic heterocycles. The Morgan fingerprint density at radius 3 is 2.90 bits per heavy atom. The van der Waals surface area contributed by atoms with E-state index >= 15 is 0 Å². The second-order valence-electron chi connectivity index (χ2n) is 6.48. The number of rotatable bonds is 6. The summed E-state index contributed by atoms with van der Waals surface area (Å²) < 4.78 is 5.57. The van der Waals surface area contributed by atoms with Gasteiger partial charge in [-0.15, -0.1) is 11.3 Å². The quantitative estimate of drug-likeness (QED) is 0.645. The minimum atomic E-state index is -0.314. The highest BCUT2D eigenvalue weighted by Gasteiger charge is 2.27. The molecular weight excluding hydrogens is 418 g/mol. The molecular formula is C22H23N3O3S2. The van der Waals surface area contributed by atoms with Crippen LogP contribution >= 0.6 is 23.1 Å². The van der Waals surface area contributed by atoms with E-state index < -0.39 is 0 Å². The van der Waals surface area contributed by atoms with Gasteiger partial charge in [0.15, 0.2) is 0 Å². The van der Waals surface area contributed by atoms with Crippen LogP contribution in [0.3, 0.4) is 0 Å². The van der Waals surface area contributed by atoms with Crippen molar-refractivity contribution in [3.05, 3.63) is 51.9 Å². The van der Waals surface area contributed by atoms with Crippen LogP contribution in [0.4, 0.5) is 9.80 Å². The second kappa shape index (κ2) is 10.3. The van der Waals surface area contributed by atoms with E-state index in [0.717, 1.165) is 21.8 Å². The van der Waals surface area contributed by atoms with Gasteiger partial charge < -0.3 is 15.0 Å². The first-order valence-electron chi connectivity index (χ1n) is 9.74. The molecule has 0 spiro atoms. The summed E-state index contributed by atoms with van der Waals surface area (Å²) in [4.78, 5) is 27.4. The SMILES string of the molecule is CCOc1ccccc1C=CC(=O)Nc1sc2c(c1C#N)CCN(C(=O)SCC)C2. The zero-order valence-electron chi connectivity index (χ0n) is 16.9. The predicted octanol–water partition coefficient (Wildman–Crippen LogP) is 4.90. The van der Waals surface area contributed by atoms with E-state index in [9.17, 15) is 14.9 Å². The lowest BCUT2D eigenvalue weighted by atomic mass is 10.0. The molecule has 1 aliphatic heterocycles. The molecule has 2 amide bonds. The van der Waals surface area contributed by atoms with Crippen molar-refractivity contribution in [1.82, 2.24) is 4.90 Å². The summed E-state index contributed by atoms with van der Waals surface area (Å²) in [6.07, 6.45) is 3.76. The van der Waals surface area contributed by atoms with Gasteiger partial charge in [0.1, 0.15) is 16.8 Å². The van der Waals surface area contributed by atoms with E-state index in [4.69, 9.17) is 4.74 Å². The molecule has 8 heteroatoms. The molecule has 0 saturated heterocycles. The normalized spacial score (nSPS) is 13.0. The van der Waals surface area contributed by atoms with Crippen LogP contribution in [0.25, 0.3) is 6.08 Å². The highest BCUT2D eigenvalue weighted by molar-refractivity contribution is 8.13. The molecule has 2 heterocycles. The van der Waals surface area contributed by atoms with Crippen LogP contribution in [-0.2, 0) is 17.8 Å². The third kappa shape index (κ3) is 5.04. The van der Waals surface area contributed by atoms with Gasteiger partial charge in [-0.3, -0.25) is 9.59 Å². The Morgan fingerprint density at radius 2 is 2.17 bits per heavy atom. The van der Waals surface area contributed by atoms with Gasteiger partial charge in [0.2, 0.25) is 5.91 Å². The Bertz CT molecular complexity index is 1010. The molecule has 1 aliphatic rings. The van der Waals surface area contributed by atoms with Gasteiger partial charge in [-0.2, -0.15) is 5.26 Å². The summed E-state index contributed by atoms with van der Waals surface area (Å²) >= 11 is 2.66. The maximum absolute atomic E-state index is 12.5. The van der Waals surface area contributed by atoms with Crippen LogP contribution in [0.15, 0.2) is 30.3 Å². The first-order valence-corrected chi connectivity index (χ1v) is 11.5. The lowest BCUT2D eigenvalue weighted by molar-refractivity contribution is -0.111. The first kappa shape index (κ1) is 21.9. The zero-order chi connectivity index (χ0) is 21.5. The number of para-hydroxylation sites is 1. The van der Waals surface area contributed by atoms with Crippen molar-refractivity contribution in [3.8, 4) is 11.8 Å². The van der Waals surface area contributed by atoms with E-state index in [2.05, 4.69) is 11.4 Å². The molecule has 6 nitrogen and oxygen atoms in total. The number of nitrogens with zero attached hydrogens (tertiary/aromatic N) is 2. The zero-order valence-corrected chi connectivity index (χ0v) is 18.6. The summed E-state index contributed by atoms with van der Waals surface area (Å²) in [6, 6.07) is 9.71. The molecule has 30 heavy (non-hydrogen) atoms. The Balaban J connectivity index is 1.74. The maximum Gasteiger partial charge on any atom is 0.281 e. The highest BCUT2D eigenvalue weighted by Crippen LogP contribution is 2.37. The van der Waals surface area contributed by atoms with E-state index in [-0.39, 0.29) is 11.1 Å². The van der Waals surface area contributed by atoms with Gasteiger partial charge in [0.05, 0.1) is 18.7 Å². The third-order valence-electron chi connectivity index (χ3n) is 4.56. The number of fused-ring (bicyclic) bond motifs is 1. The minimum Gasteiger partial charge on any atom is -0.493 e. The summed E-state index contributed by atoms with van der Waals surface area (Å²) in [5.41, 5.74) is 2.25. The summed E-state index contributed by atoms with van der Waals surface area (Å²) in [7, 11) is 0. The number of hydrogen-bond donors (Lipinski definition) is 1. The number of nitrogens with one attached hydrogen (secondary N) is 1. The minimum absolute atomic E-state index is 0.0524. The van der Waals surface area contributed by atoms with Crippen LogP contribution in [0.2, 0.25) is 0 Å². The fourth-order valence-electron chi connectivity index (χ4n) is 3.20. The molecule has 3 rings (SSSR count). The van der Waals surface area contributed by atoms with E-state index in [1.165, 1.54) is 29.2 Å². The van der Waals surface area contributed by atoms with E-state index in [1.54, 1.807) is 11.0 Å². The number of carbonyl (C=O) groups excluding carboxylic acids is 2. The van der Waals surface area contributed by atoms with Crippen molar-refractivity contribution in [2.75, 3.05) is 24.2 Å². The number of carbonyl (C=O) groups is 2. The molecule has 0 bridgehead atoms. The lowest BCUT2D eigenvalue weighted by Gasteiger charge is -2.26. The van der Waals surface area contributed by atoms with Crippen LogP contribution in [0, 0.1) is 11.3 Å². The lowest BCUT2D eigenvalue weighted by Crippen LogP contribution is -2.32. The van der Waals surface area contributed by atoms with Crippen molar-refractivity contribution in [1.29, 1.82) is 5.26 Å². The van der Waals surface area contributed by atoms with Crippen LogP contribution in [-0.4, -0.2) is 35.0 Å². The molecule has 0 saturated carbocycles. The largest absolute Gasteiger partial charge is 0.493 e. The Hall–Kier alpha value is -2.76. The van der Waals surface area contributed by atoms with Gasteiger partial charge in [0.25, 0.3) is 5.24 Å². The Labute approximate surface area is 184 Å². The topological polar surface area (TPSA) is 82.4 Å². The average Bonchev–Trinajstić information content (AvgIpc) is 3.09. The van der Waals surface area contributed by atoms with Gasteiger partial charge in [-0.25, -0.2) is 0 Å². The van der Waals surface area contributed by atoms with Crippen molar-refractivity contribution < 1.29 is 14.3 Å². The highest BCUT2D eigenvalue weighted by atomic mass is 32.2. The molecule has 0 radical (unpaired) electrons. The maximum atomic E-state index is 12.5. The molecule has 0 fully saturated rings. The number of anilines is 1. The van der Waals surface area contributed by atoms with Crippen molar-refractivity contribution in [2.45, 2.75) is 26.8 Å². The van der Waals surface area contributed by atoms with Crippen molar-refractivity contribution in [3.63, 3.8) is 0 Å². The van der Waals surface area contributed by atoms with Crippen molar-refractivity contribution in [2.24, 2.45) is 0 Å². The Kier molecular flexibility index (Phi) is 7.55. The standard InChI is InChI=1S/C22H23N3O3S2/c1-3-28-18-8-6-5-7-15(18)9-10-20(26)24-21-17(13-23)16-11-12-25(14-19(16)30-21)22(27)29-4-2/h5-10H,3-4,11-12,14H2,1-2H3,(H,24,26). The van der Waals surface area contributed by atoms with Crippen LogP contribution < -0.4 is 10.1 Å². The first-order chi connectivity index (χ1) is 14.6. The summed E-state index contributed by atoms with van der Waals surface area (Å²) in [5.74, 6) is 1.13. The Morgan fingerprint density at radius 1 is 1.37 bits per heavy atom. The van der Waals surface area contributed by atoms with E-state index in [1.807, 2.05) is 38.1 Å². The molecule has 1 N–H and O–H groups in total. The van der Waals surface area contributed by atoms with E-state index in [0.29, 0.717) is 42.4 Å². The number of ether oxygens (including phenoxy) is 1. The smallest absolute Gasteiger partial charge is 0.281 e. The van der Waals surface area contributed by atoms with Gasteiger partial charge in [-0.05, 0) is 36.8 Å². The summed E-state index contributed by atoms with van der Waals surface area (Å²) in [5, 5.41) is 13.0. The monoisotopic (exact) mass is 441 g/mol. The predicted molar refractivity (Wildman–Crippen MR) is 122 cm³/mol. The number of benzene rings is 1. The number of hydrogen-bond acceptors (Lipinski definition) is 6. The average molecular weight is 442 g/mol. The third-order valence-corrected chi connectivity index (χ3v) is 6.49. The molecule has 1 aromatic carbocycles. The summed E-state index contributed by atoms with van der Waals surface area (Å²) in [6.45, 7) is 5.47. The molecule has 0 atom stereocenters. The van der Waals surface area contributed by atoms with Crippen LogP contribution in [0.5, 0.6) is 5.75 Å². The number of nitriles is 1. The molecule has 0 unspecified atom stereocenters. The fourth-order valence-corrected chi connectivity index (χ4v) is 5.01. The van der Waals surface area contributed by atoms with Crippen molar-refractivity contribution >= 4 is 45.3 Å². The number of amides is 2. The molecule has 2 aromatic rings. The van der Waals surface area contributed by atoms with Gasteiger partial charge >= 0.3 is 0 Å². The van der Waals surface area contributed by atoms with Crippen LogP contribution in [0.1, 0.15) is 35.4 Å².